The minimum Gasteiger partial charge on any atom is -0.454 e. The predicted octanol–water partition coefficient (Wildman–Crippen LogP) is 4.57. The normalized spacial score (nSPS) is 14.2. The summed E-state index contributed by atoms with van der Waals surface area (Å²) in [6.07, 6.45) is 0. The zero-order valence-corrected chi connectivity index (χ0v) is 13.0. The second-order valence-corrected chi connectivity index (χ2v) is 5.87. The summed E-state index contributed by atoms with van der Waals surface area (Å²) in [4.78, 5) is 0. The summed E-state index contributed by atoms with van der Waals surface area (Å²) in [5, 5.41) is 4.74. The van der Waals surface area contributed by atoms with Crippen LogP contribution in [0, 0.1) is 0 Å². The molecule has 110 valence electrons. The van der Waals surface area contributed by atoms with Crippen LogP contribution in [0.3, 0.4) is 0 Å². The molecule has 1 atom stereocenters. The van der Waals surface area contributed by atoms with Gasteiger partial charge in [0.1, 0.15) is 0 Å². The number of benzene rings is 2. The van der Waals surface area contributed by atoms with Gasteiger partial charge in [-0.25, -0.2) is 0 Å². The number of rotatable bonds is 4. The Balaban J connectivity index is 1.67. The van der Waals surface area contributed by atoms with Crippen molar-refractivity contribution in [1.82, 2.24) is 5.32 Å². The Kier molecular flexibility index (Phi) is 4.24. The van der Waals surface area contributed by atoms with Gasteiger partial charge in [-0.15, -0.1) is 0 Å². The average Bonchev–Trinajstić information content (AvgIpc) is 2.91. The molecule has 0 saturated heterocycles. The molecule has 2 aromatic rings. The minimum atomic E-state index is 0.178. The molecule has 0 radical (unpaired) electrons. The molecule has 1 aliphatic heterocycles. The van der Waals surface area contributed by atoms with Crippen molar-refractivity contribution in [1.29, 1.82) is 0 Å². The van der Waals surface area contributed by atoms with Crippen LogP contribution in [0.1, 0.15) is 24.1 Å². The van der Waals surface area contributed by atoms with Gasteiger partial charge < -0.3 is 14.8 Å². The highest BCUT2D eigenvalue weighted by Crippen LogP contribution is 2.34. The lowest BCUT2D eigenvalue weighted by Crippen LogP contribution is -2.18. The summed E-state index contributed by atoms with van der Waals surface area (Å²) in [7, 11) is 0. The van der Waals surface area contributed by atoms with Gasteiger partial charge in [-0.05, 0) is 48.4 Å². The van der Waals surface area contributed by atoms with E-state index in [0.717, 1.165) is 22.6 Å². The molecular weight excluding hydrogens is 309 g/mol. The number of halogens is 2. The summed E-state index contributed by atoms with van der Waals surface area (Å²) in [6, 6.07) is 11.7. The van der Waals surface area contributed by atoms with Gasteiger partial charge in [-0.1, -0.05) is 29.3 Å². The second kappa shape index (κ2) is 6.14. The summed E-state index contributed by atoms with van der Waals surface area (Å²) in [6.45, 7) is 3.08. The molecule has 1 heterocycles. The lowest BCUT2D eigenvalue weighted by Gasteiger charge is -2.15. The Bertz CT molecular complexity index is 640. The highest BCUT2D eigenvalue weighted by atomic mass is 35.5. The van der Waals surface area contributed by atoms with Crippen molar-refractivity contribution < 1.29 is 9.47 Å². The quantitative estimate of drug-likeness (QED) is 0.893. The van der Waals surface area contributed by atoms with Gasteiger partial charge in [0.25, 0.3) is 0 Å². The number of hydrogen-bond acceptors (Lipinski definition) is 3. The maximum Gasteiger partial charge on any atom is 0.231 e. The fraction of sp³-hybridized carbons (Fsp3) is 0.250. The first-order chi connectivity index (χ1) is 10.1. The van der Waals surface area contributed by atoms with E-state index in [1.54, 1.807) is 6.07 Å². The molecule has 0 fully saturated rings. The van der Waals surface area contributed by atoms with Crippen LogP contribution in [0.15, 0.2) is 36.4 Å². The summed E-state index contributed by atoms with van der Waals surface area (Å²) in [5.41, 5.74) is 2.20. The molecule has 0 saturated carbocycles. The Morgan fingerprint density at radius 1 is 1.05 bits per heavy atom. The van der Waals surface area contributed by atoms with E-state index < -0.39 is 0 Å². The third kappa shape index (κ3) is 3.43. The molecular formula is C16H15Cl2NO2. The maximum absolute atomic E-state index is 6.00. The van der Waals surface area contributed by atoms with Gasteiger partial charge >= 0.3 is 0 Å². The topological polar surface area (TPSA) is 30.5 Å². The van der Waals surface area contributed by atoms with Gasteiger partial charge in [0.05, 0.1) is 0 Å². The molecule has 1 N–H and O–H groups in total. The predicted molar refractivity (Wildman–Crippen MR) is 84.3 cm³/mol. The van der Waals surface area contributed by atoms with Crippen molar-refractivity contribution in [3.8, 4) is 11.5 Å². The van der Waals surface area contributed by atoms with Crippen LogP contribution in [0.4, 0.5) is 0 Å². The number of hydrogen-bond donors (Lipinski definition) is 1. The van der Waals surface area contributed by atoms with Crippen molar-refractivity contribution >= 4 is 23.2 Å². The maximum atomic E-state index is 6.00. The average molecular weight is 324 g/mol. The SMILES string of the molecule is CC(NCc1cc(Cl)cc(Cl)c1)c1ccc2c(c1)OCO2. The van der Waals surface area contributed by atoms with E-state index in [1.807, 2.05) is 30.3 Å². The van der Waals surface area contributed by atoms with E-state index in [0.29, 0.717) is 23.4 Å². The summed E-state index contributed by atoms with van der Waals surface area (Å²) < 4.78 is 10.7. The van der Waals surface area contributed by atoms with E-state index in [-0.39, 0.29) is 6.04 Å². The monoisotopic (exact) mass is 323 g/mol. The van der Waals surface area contributed by atoms with Crippen LogP contribution < -0.4 is 14.8 Å². The van der Waals surface area contributed by atoms with E-state index in [4.69, 9.17) is 32.7 Å². The molecule has 0 amide bonds. The lowest BCUT2D eigenvalue weighted by atomic mass is 10.1. The van der Waals surface area contributed by atoms with Crippen LogP contribution in [0.5, 0.6) is 11.5 Å². The van der Waals surface area contributed by atoms with Crippen LogP contribution in [0.25, 0.3) is 0 Å². The van der Waals surface area contributed by atoms with Crippen molar-refractivity contribution in [2.75, 3.05) is 6.79 Å². The van der Waals surface area contributed by atoms with Crippen molar-refractivity contribution in [3.05, 3.63) is 57.6 Å². The van der Waals surface area contributed by atoms with Crippen molar-refractivity contribution in [3.63, 3.8) is 0 Å². The first-order valence-electron chi connectivity index (χ1n) is 6.70. The zero-order valence-electron chi connectivity index (χ0n) is 11.5. The number of nitrogens with one attached hydrogen (secondary N) is 1. The molecule has 21 heavy (non-hydrogen) atoms. The molecule has 0 aromatic heterocycles. The third-order valence-electron chi connectivity index (χ3n) is 3.43. The first kappa shape index (κ1) is 14.5. The molecule has 0 bridgehead atoms. The fourth-order valence-corrected chi connectivity index (χ4v) is 2.86. The minimum absolute atomic E-state index is 0.178. The van der Waals surface area contributed by atoms with E-state index in [9.17, 15) is 0 Å². The Labute approximate surface area is 133 Å². The second-order valence-electron chi connectivity index (χ2n) is 4.99. The van der Waals surface area contributed by atoms with Gasteiger partial charge in [-0.2, -0.15) is 0 Å². The van der Waals surface area contributed by atoms with Crippen LogP contribution in [0.2, 0.25) is 10.0 Å². The highest BCUT2D eigenvalue weighted by molar-refractivity contribution is 6.34. The molecule has 1 aliphatic rings. The van der Waals surface area contributed by atoms with Crippen LogP contribution in [-0.2, 0) is 6.54 Å². The molecule has 3 nitrogen and oxygen atoms in total. The summed E-state index contributed by atoms with van der Waals surface area (Å²) in [5.74, 6) is 1.60. The standard InChI is InChI=1S/C16H15Cl2NO2/c1-10(12-2-3-15-16(6-12)21-9-20-15)19-8-11-4-13(17)7-14(18)5-11/h2-7,10,19H,8-9H2,1H3. The van der Waals surface area contributed by atoms with Gasteiger partial charge in [0.2, 0.25) is 6.79 Å². The number of fused-ring (bicyclic) bond motifs is 1. The first-order valence-corrected chi connectivity index (χ1v) is 7.45. The van der Waals surface area contributed by atoms with Crippen molar-refractivity contribution in [2.45, 2.75) is 19.5 Å². The van der Waals surface area contributed by atoms with Gasteiger partial charge in [-0.3, -0.25) is 0 Å². The zero-order chi connectivity index (χ0) is 14.8. The Hall–Kier alpha value is -1.42. The molecule has 0 aliphatic carbocycles. The molecule has 2 aromatic carbocycles. The van der Waals surface area contributed by atoms with Crippen LogP contribution in [-0.4, -0.2) is 6.79 Å². The van der Waals surface area contributed by atoms with Gasteiger partial charge in [0.15, 0.2) is 11.5 Å². The lowest BCUT2D eigenvalue weighted by molar-refractivity contribution is 0.174. The van der Waals surface area contributed by atoms with E-state index in [1.165, 1.54) is 0 Å². The van der Waals surface area contributed by atoms with Crippen molar-refractivity contribution in [2.24, 2.45) is 0 Å². The third-order valence-corrected chi connectivity index (χ3v) is 3.87. The fourth-order valence-electron chi connectivity index (χ4n) is 2.28. The molecule has 5 heteroatoms. The number of ether oxygens (including phenoxy) is 2. The Morgan fingerprint density at radius 3 is 2.52 bits per heavy atom. The largest absolute Gasteiger partial charge is 0.454 e. The smallest absolute Gasteiger partial charge is 0.231 e. The van der Waals surface area contributed by atoms with Crippen LogP contribution >= 0.6 is 23.2 Å². The Morgan fingerprint density at radius 2 is 1.76 bits per heavy atom. The van der Waals surface area contributed by atoms with Gasteiger partial charge in [0, 0.05) is 22.6 Å². The molecule has 0 spiro atoms. The highest BCUT2D eigenvalue weighted by Gasteiger charge is 2.15. The molecule has 1 unspecified atom stereocenters. The van der Waals surface area contributed by atoms with E-state index in [2.05, 4.69) is 12.2 Å². The molecule has 3 rings (SSSR count). The van der Waals surface area contributed by atoms with E-state index >= 15 is 0 Å². The summed E-state index contributed by atoms with van der Waals surface area (Å²) >= 11 is 12.0.